The lowest BCUT2D eigenvalue weighted by molar-refractivity contribution is -0.117. The Balaban J connectivity index is 2.30. The summed E-state index contributed by atoms with van der Waals surface area (Å²) in [7, 11) is 0. The van der Waals surface area contributed by atoms with Gasteiger partial charge in [-0.3, -0.25) is 9.59 Å². The standard InChI is InChI=1S/C19H25NO2/c1-4-12-20-19(22)17-15(11-7-8-13(2)3)14-9-5-6-10-16(14)18(17)21/h5-6,9-10,13H,4,7-8,11-12H2,1-3H3,(H,20,22). The zero-order valence-electron chi connectivity index (χ0n) is 13.7. The smallest absolute Gasteiger partial charge is 0.255 e. The number of hydrogen-bond acceptors (Lipinski definition) is 2. The zero-order chi connectivity index (χ0) is 16.1. The molecular formula is C19H25NO2. The number of nitrogens with one attached hydrogen (secondary N) is 1. The van der Waals surface area contributed by atoms with Crippen molar-refractivity contribution in [2.75, 3.05) is 6.54 Å². The van der Waals surface area contributed by atoms with Crippen LogP contribution in [0.5, 0.6) is 0 Å². The van der Waals surface area contributed by atoms with E-state index in [1.54, 1.807) is 0 Å². The van der Waals surface area contributed by atoms with Gasteiger partial charge in [-0.15, -0.1) is 0 Å². The van der Waals surface area contributed by atoms with Crippen LogP contribution in [0.25, 0.3) is 5.57 Å². The highest BCUT2D eigenvalue weighted by Crippen LogP contribution is 2.36. The number of rotatable bonds is 7. The van der Waals surface area contributed by atoms with Crippen molar-refractivity contribution in [2.24, 2.45) is 5.92 Å². The molecule has 1 amide bonds. The fourth-order valence-electron chi connectivity index (χ4n) is 2.86. The molecule has 3 nitrogen and oxygen atoms in total. The summed E-state index contributed by atoms with van der Waals surface area (Å²) in [6, 6.07) is 7.56. The van der Waals surface area contributed by atoms with Crippen LogP contribution in [0.3, 0.4) is 0 Å². The van der Waals surface area contributed by atoms with Gasteiger partial charge in [0.25, 0.3) is 5.91 Å². The number of carbonyl (C=O) groups excluding carboxylic acids is 2. The number of hydrogen-bond donors (Lipinski definition) is 1. The fourth-order valence-corrected chi connectivity index (χ4v) is 2.86. The summed E-state index contributed by atoms with van der Waals surface area (Å²) in [5.74, 6) is 0.289. The molecule has 1 aliphatic carbocycles. The first-order valence-electron chi connectivity index (χ1n) is 8.21. The molecule has 0 atom stereocenters. The van der Waals surface area contributed by atoms with Gasteiger partial charge in [0.15, 0.2) is 5.78 Å². The number of allylic oxidation sites excluding steroid dienone is 1. The molecule has 0 unspecified atom stereocenters. The van der Waals surface area contributed by atoms with E-state index in [9.17, 15) is 9.59 Å². The third-order valence-corrected chi connectivity index (χ3v) is 4.00. The second kappa shape index (κ2) is 7.39. The normalized spacial score (nSPS) is 13.7. The van der Waals surface area contributed by atoms with Crippen LogP contribution < -0.4 is 5.32 Å². The summed E-state index contributed by atoms with van der Waals surface area (Å²) < 4.78 is 0. The first kappa shape index (κ1) is 16.5. The molecule has 0 heterocycles. The van der Waals surface area contributed by atoms with Gasteiger partial charge in [-0.05, 0) is 36.3 Å². The first-order chi connectivity index (χ1) is 10.6. The predicted octanol–water partition coefficient (Wildman–Crippen LogP) is 3.99. The van der Waals surface area contributed by atoms with Crippen molar-refractivity contribution in [3.8, 4) is 0 Å². The molecule has 1 aliphatic rings. The summed E-state index contributed by atoms with van der Waals surface area (Å²) in [6.07, 6.45) is 3.75. The SMILES string of the molecule is CCCNC(=O)C1=C(CCCC(C)C)c2ccccc2C1=O. The quantitative estimate of drug-likeness (QED) is 0.774. The van der Waals surface area contributed by atoms with Crippen molar-refractivity contribution < 1.29 is 9.59 Å². The van der Waals surface area contributed by atoms with Crippen LogP contribution in [0.4, 0.5) is 0 Å². The molecule has 0 radical (unpaired) electrons. The van der Waals surface area contributed by atoms with Crippen molar-refractivity contribution >= 4 is 17.3 Å². The van der Waals surface area contributed by atoms with Crippen molar-refractivity contribution in [3.63, 3.8) is 0 Å². The van der Waals surface area contributed by atoms with Gasteiger partial charge in [0.2, 0.25) is 0 Å². The maximum atomic E-state index is 12.6. The predicted molar refractivity (Wildman–Crippen MR) is 89.7 cm³/mol. The molecule has 22 heavy (non-hydrogen) atoms. The minimum absolute atomic E-state index is 0.122. The number of fused-ring (bicyclic) bond motifs is 1. The van der Waals surface area contributed by atoms with E-state index < -0.39 is 0 Å². The Kier molecular flexibility index (Phi) is 5.53. The third kappa shape index (κ3) is 3.46. The number of amides is 1. The van der Waals surface area contributed by atoms with Crippen LogP contribution in [-0.2, 0) is 4.79 Å². The van der Waals surface area contributed by atoms with Crippen LogP contribution in [0.2, 0.25) is 0 Å². The van der Waals surface area contributed by atoms with E-state index >= 15 is 0 Å². The third-order valence-electron chi connectivity index (χ3n) is 4.00. The van der Waals surface area contributed by atoms with Crippen molar-refractivity contribution in [2.45, 2.75) is 46.5 Å². The van der Waals surface area contributed by atoms with Gasteiger partial charge in [0, 0.05) is 12.1 Å². The maximum Gasteiger partial charge on any atom is 0.255 e. The van der Waals surface area contributed by atoms with Crippen molar-refractivity contribution in [1.82, 2.24) is 5.32 Å². The monoisotopic (exact) mass is 299 g/mol. The average molecular weight is 299 g/mol. The molecule has 0 fully saturated rings. The van der Waals surface area contributed by atoms with Gasteiger partial charge in [-0.1, -0.05) is 51.5 Å². The van der Waals surface area contributed by atoms with E-state index in [1.807, 2.05) is 31.2 Å². The zero-order valence-corrected chi connectivity index (χ0v) is 13.7. The van der Waals surface area contributed by atoms with Gasteiger partial charge >= 0.3 is 0 Å². The molecule has 0 aromatic heterocycles. The Bertz CT molecular complexity index is 599. The summed E-state index contributed by atoms with van der Waals surface area (Å²) in [6.45, 7) is 6.99. The maximum absolute atomic E-state index is 12.6. The summed E-state index contributed by atoms with van der Waals surface area (Å²) in [5.41, 5.74) is 2.90. The summed E-state index contributed by atoms with van der Waals surface area (Å²) in [5, 5.41) is 2.85. The van der Waals surface area contributed by atoms with Gasteiger partial charge in [-0.2, -0.15) is 0 Å². The highest BCUT2D eigenvalue weighted by Gasteiger charge is 2.32. The van der Waals surface area contributed by atoms with Gasteiger partial charge < -0.3 is 5.32 Å². The molecule has 1 aromatic carbocycles. The Labute approximate surface area is 132 Å². The molecule has 118 valence electrons. The summed E-state index contributed by atoms with van der Waals surface area (Å²) in [4.78, 5) is 25.0. The lowest BCUT2D eigenvalue weighted by atomic mass is 9.97. The van der Waals surface area contributed by atoms with Crippen molar-refractivity contribution in [1.29, 1.82) is 0 Å². The Morgan fingerprint density at radius 2 is 1.86 bits per heavy atom. The molecular weight excluding hydrogens is 274 g/mol. The topological polar surface area (TPSA) is 46.2 Å². The van der Waals surface area contributed by atoms with E-state index in [0.29, 0.717) is 23.6 Å². The Morgan fingerprint density at radius 1 is 1.18 bits per heavy atom. The molecule has 0 bridgehead atoms. The minimum atomic E-state index is -0.220. The largest absolute Gasteiger partial charge is 0.352 e. The van der Waals surface area contributed by atoms with Crippen LogP contribution >= 0.6 is 0 Å². The number of Topliss-reactive ketones (excluding diaryl/α,β-unsaturated/α-hetero) is 1. The first-order valence-corrected chi connectivity index (χ1v) is 8.21. The van der Waals surface area contributed by atoms with Gasteiger partial charge in [0.05, 0.1) is 5.57 Å². The second-order valence-corrected chi connectivity index (χ2v) is 6.27. The molecule has 1 aromatic rings. The van der Waals surface area contributed by atoms with E-state index in [-0.39, 0.29) is 11.7 Å². The van der Waals surface area contributed by atoms with E-state index in [4.69, 9.17) is 0 Å². The van der Waals surface area contributed by atoms with E-state index in [1.165, 1.54) is 0 Å². The van der Waals surface area contributed by atoms with Crippen LogP contribution in [0.15, 0.2) is 29.8 Å². The molecule has 2 rings (SSSR count). The van der Waals surface area contributed by atoms with Gasteiger partial charge in [-0.25, -0.2) is 0 Å². The molecule has 3 heteroatoms. The highest BCUT2D eigenvalue weighted by atomic mass is 16.2. The Hall–Kier alpha value is -1.90. The van der Waals surface area contributed by atoms with Crippen LogP contribution in [-0.4, -0.2) is 18.2 Å². The molecule has 0 saturated carbocycles. The molecule has 0 saturated heterocycles. The molecule has 1 N–H and O–H groups in total. The van der Waals surface area contributed by atoms with E-state index in [0.717, 1.165) is 36.8 Å². The number of benzene rings is 1. The highest BCUT2D eigenvalue weighted by molar-refractivity contribution is 6.34. The lowest BCUT2D eigenvalue weighted by Gasteiger charge is -2.09. The number of ketones is 1. The van der Waals surface area contributed by atoms with Crippen LogP contribution in [0, 0.1) is 5.92 Å². The molecule has 0 spiro atoms. The summed E-state index contributed by atoms with van der Waals surface area (Å²) >= 11 is 0. The second-order valence-electron chi connectivity index (χ2n) is 6.27. The van der Waals surface area contributed by atoms with E-state index in [2.05, 4.69) is 19.2 Å². The average Bonchev–Trinajstić information content (AvgIpc) is 2.78. The minimum Gasteiger partial charge on any atom is -0.352 e. The number of carbonyl (C=O) groups is 2. The van der Waals surface area contributed by atoms with Gasteiger partial charge in [0.1, 0.15) is 0 Å². The lowest BCUT2D eigenvalue weighted by Crippen LogP contribution is -2.28. The molecule has 0 aliphatic heterocycles. The fraction of sp³-hybridized carbons (Fsp3) is 0.474. The van der Waals surface area contributed by atoms with Crippen molar-refractivity contribution in [3.05, 3.63) is 41.0 Å². The Morgan fingerprint density at radius 3 is 2.50 bits per heavy atom. The van der Waals surface area contributed by atoms with Crippen LogP contribution in [0.1, 0.15) is 62.4 Å².